The molecule has 15 heavy (non-hydrogen) atoms. The van der Waals surface area contributed by atoms with E-state index in [-0.39, 0.29) is 11.8 Å². The predicted octanol–water partition coefficient (Wildman–Crippen LogP) is 3.09. The molecule has 1 rings (SSSR count). The van der Waals surface area contributed by atoms with Crippen molar-refractivity contribution in [1.29, 1.82) is 0 Å². The molecule has 0 bridgehead atoms. The molecule has 0 fully saturated rings. The highest BCUT2D eigenvalue weighted by atomic mass is 19.3. The molecular formula is C11H15F2NO. The minimum atomic E-state index is -2.81. The normalized spacial score (nSPS) is 12.9. The number of hydrogen-bond donors (Lipinski definition) is 1. The number of halogens is 2. The fourth-order valence-corrected chi connectivity index (χ4v) is 1.46. The lowest BCUT2D eigenvalue weighted by Gasteiger charge is -2.15. The number of ether oxygens (including phenoxy) is 1. The lowest BCUT2D eigenvalue weighted by Crippen LogP contribution is -2.13. The van der Waals surface area contributed by atoms with Gasteiger partial charge in [-0.2, -0.15) is 8.78 Å². The Morgan fingerprint density at radius 2 is 2.00 bits per heavy atom. The molecule has 0 radical (unpaired) electrons. The second kappa shape index (κ2) is 5.66. The summed E-state index contributed by atoms with van der Waals surface area (Å²) in [7, 11) is 0. The summed E-state index contributed by atoms with van der Waals surface area (Å²) in [6.45, 7) is -0.809. The smallest absolute Gasteiger partial charge is 0.387 e. The van der Waals surface area contributed by atoms with Crippen LogP contribution in [0.2, 0.25) is 0 Å². The van der Waals surface area contributed by atoms with E-state index in [1.807, 2.05) is 6.92 Å². The first-order valence-corrected chi connectivity index (χ1v) is 4.94. The number of alkyl halides is 2. The van der Waals surface area contributed by atoms with Gasteiger partial charge in [0.1, 0.15) is 5.75 Å². The van der Waals surface area contributed by atoms with Crippen molar-refractivity contribution in [3.05, 3.63) is 29.8 Å². The molecule has 0 aliphatic carbocycles. The van der Waals surface area contributed by atoms with Crippen LogP contribution in [0.3, 0.4) is 0 Å². The third-order valence-electron chi connectivity index (χ3n) is 2.13. The Hall–Kier alpha value is -1.16. The molecular weight excluding hydrogens is 200 g/mol. The Kier molecular flexibility index (Phi) is 4.49. The molecule has 84 valence electrons. The van der Waals surface area contributed by atoms with E-state index in [1.165, 1.54) is 6.07 Å². The largest absolute Gasteiger partial charge is 0.434 e. The molecule has 0 spiro atoms. The first kappa shape index (κ1) is 11.9. The van der Waals surface area contributed by atoms with Gasteiger partial charge in [0, 0.05) is 11.6 Å². The molecule has 2 nitrogen and oxygen atoms in total. The van der Waals surface area contributed by atoms with Crippen molar-refractivity contribution < 1.29 is 13.5 Å². The summed E-state index contributed by atoms with van der Waals surface area (Å²) < 4.78 is 28.6. The summed E-state index contributed by atoms with van der Waals surface area (Å²) in [5.74, 6) is 0.174. The van der Waals surface area contributed by atoms with Crippen LogP contribution in [-0.4, -0.2) is 6.61 Å². The highest BCUT2D eigenvalue weighted by Gasteiger charge is 2.13. The van der Waals surface area contributed by atoms with Gasteiger partial charge in [0.15, 0.2) is 0 Å². The van der Waals surface area contributed by atoms with Crippen LogP contribution in [0.25, 0.3) is 0 Å². The molecule has 0 aliphatic heterocycles. The zero-order valence-electron chi connectivity index (χ0n) is 8.62. The van der Waals surface area contributed by atoms with E-state index in [2.05, 4.69) is 4.74 Å². The zero-order chi connectivity index (χ0) is 11.3. The van der Waals surface area contributed by atoms with Crippen molar-refractivity contribution in [2.75, 3.05) is 0 Å². The van der Waals surface area contributed by atoms with Crippen molar-refractivity contribution in [2.24, 2.45) is 5.73 Å². The number of hydrogen-bond acceptors (Lipinski definition) is 2. The lowest BCUT2D eigenvalue weighted by molar-refractivity contribution is -0.0506. The molecule has 1 aromatic rings. The van der Waals surface area contributed by atoms with Crippen LogP contribution in [0.15, 0.2) is 24.3 Å². The molecule has 1 atom stereocenters. The fraction of sp³-hybridized carbons (Fsp3) is 0.455. The van der Waals surface area contributed by atoms with Crippen LogP contribution < -0.4 is 10.5 Å². The lowest BCUT2D eigenvalue weighted by atomic mass is 10.0. The van der Waals surface area contributed by atoms with Crippen LogP contribution in [-0.2, 0) is 0 Å². The van der Waals surface area contributed by atoms with E-state index in [1.54, 1.807) is 18.2 Å². The maximum Gasteiger partial charge on any atom is 0.387 e. The van der Waals surface area contributed by atoms with Gasteiger partial charge in [-0.1, -0.05) is 31.5 Å². The first-order valence-electron chi connectivity index (χ1n) is 4.94. The molecule has 0 heterocycles. The summed E-state index contributed by atoms with van der Waals surface area (Å²) in [5.41, 5.74) is 6.50. The summed E-state index contributed by atoms with van der Waals surface area (Å²) >= 11 is 0. The number of para-hydroxylation sites is 1. The van der Waals surface area contributed by atoms with Gasteiger partial charge >= 0.3 is 6.61 Å². The van der Waals surface area contributed by atoms with E-state index >= 15 is 0 Å². The number of nitrogens with two attached hydrogens (primary N) is 1. The van der Waals surface area contributed by atoms with Gasteiger partial charge in [0.05, 0.1) is 0 Å². The average Bonchev–Trinajstić information content (AvgIpc) is 2.18. The third kappa shape index (κ3) is 3.47. The van der Waals surface area contributed by atoms with Gasteiger partial charge in [0.2, 0.25) is 0 Å². The number of rotatable bonds is 5. The molecule has 0 saturated carbocycles. The minimum absolute atomic E-state index is 0.174. The molecule has 0 amide bonds. The van der Waals surface area contributed by atoms with Crippen molar-refractivity contribution in [3.63, 3.8) is 0 Å². The summed E-state index contributed by atoms with van der Waals surface area (Å²) in [5, 5.41) is 0. The van der Waals surface area contributed by atoms with Crippen molar-refractivity contribution in [3.8, 4) is 5.75 Å². The predicted molar refractivity (Wildman–Crippen MR) is 54.9 cm³/mol. The minimum Gasteiger partial charge on any atom is -0.434 e. The maximum absolute atomic E-state index is 12.1. The van der Waals surface area contributed by atoms with E-state index in [9.17, 15) is 8.78 Å². The molecule has 0 saturated heterocycles. The third-order valence-corrected chi connectivity index (χ3v) is 2.13. The van der Waals surface area contributed by atoms with Gasteiger partial charge in [-0.15, -0.1) is 0 Å². The second-order valence-corrected chi connectivity index (χ2v) is 3.31. The summed E-state index contributed by atoms with van der Waals surface area (Å²) in [6, 6.07) is 6.41. The SMILES string of the molecule is CCC[C@@H](N)c1ccccc1OC(F)F. The molecule has 4 heteroatoms. The quantitative estimate of drug-likeness (QED) is 0.819. The Balaban J connectivity index is 2.85. The highest BCUT2D eigenvalue weighted by molar-refractivity contribution is 5.35. The van der Waals surface area contributed by atoms with Crippen molar-refractivity contribution in [1.82, 2.24) is 0 Å². The Bertz CT molecular complexity index is 304. The first-order chi connectivity index (χ1) is 7.15. The summed E-state index contributed by atoms with van der Waals surface area (Å²) in [6.07, 6.45) is 1.66. The maximum atomic E-state index is 12.1. The second-order valence-electron chi connectivity index (χ2n) is 3.31. The van der Waals surface area contributed by atoms with Crippen molar-refractivity contribution >= 4 is 0 Å². The van der Waals surface area contributed by atoms with Gasteiger partial charge in [0.25, 0.3) is 0 Å². The average molecular weight is 215 g/mol. The van der Waals surface area contributed by atoms with Crippen LogP contribution in [0, 0.1) is 0 Å². The topological polar surface area (TPSA) is 35.2 Å². The molecule has 2 N–H and O–H groups in total. The van der Waals surface area contributed by atoms with Gasteiger partial charge in [-0.25, -0.2) is 0 Å². The highest BCUT2D eigenvalue weighted by Crippen LogP contribution is 2.27. The Morgan fingerprint density at radius 3 is 2.60 bits per heavy atom. The van der Waals surface area contributed by atoms with E-state index < -0.39 is 6.61 Å². The monoisotopic (exact) mass is 215 g/mol. The Morgan fingerprint density at radius 1 is 1.33 bits per heavy atom. The molecule has 0 aromatic heterocycles. The van der Waals surface area contributed by atoms with Crippen LogP contribution in [0.1, 0.15) is 31.4 Å². The van der Waals surface area contributed by atoms with Crippen LogP contribution >= 0.6 is 0 Å². The molecule has 0 aliphatic rings. The fourth-order valence-electron chi connectivity index (χ4n) is 1.46. The Labute approximate surface area is 88.0 Å². The molecule has 1 aromatic carbocycles. The van der Waals surface area contributed by atoms with Gasteiger partial charge < -0.3 is 10.5 Å². The van der Waals surface area contributed by atoms with Gasteiger partial charge in [-0.05, 0) is 12.5 Å². The van der Waals surface area contributed by atoms with Crippen LogP contribution in [0.4, 0.5) is 8.78 Å². The van der Waals surface area contributed by atoms with E-state index in [4.69, 9.17) is 5.73 Å². The standard InChI is InChI=1S/C11H15F2NO/c1-2-5-9(14)8-6-3-4-7-10(8)15-11(12)13/h3-4,6-7,9,11H,2,5,14H2,1H3/t9-/m1/s1. The number of benzene rings is 1. The van der Waals surface area contributed by atoms with Crippen LogP contribution in [0.5, 0.6) is 5.75 Å². The van der Waals surface area contributed by atoms with E-state index in [0.29, 0.717) is 5.56 Å². The van der Waals surface area contributed by atoms with Gasteiger partial charge in [-0.3, -0.25) is 0 Å². The molecule has 0 unspecified atom stereocenters. The zero-order valence-corrected chi connectivity index (χ0v) is 8.62. The van der Waals surface area contributed by atoms with Crippen molar-refractivity contribution in [2.45, 2.75) is 32.4 Å². The van der Waals surface area contributed by atoms with E-state index in [0.717, 1.165) is 12.8 Å². The summed E-state index contributed by atoms with van der Waals surface area (Å²) in [4.78, 5) is 0.